The van der Waals surface area contributed by atoms with E-state index in [4.69, 9.17) is 4.42 Å². The molecule has 0 radical (unpaired) electrons. The van der Waals surface area contributed by atoms with E-state index in [2.05, 4.69) is 5.32 Å². The smallest absolute Gasteiger partial charge is 0.321 e. The summed E-state index contributed by atoms with van der Waals surface area (Å²) in [6.07, 6.45) is 2.40. The predicted octanol–water partition coefficient (Wildman–Crippen LogP) is 2.58. The molecule has 0 aliphatic carbocycles. The first kappa shape index (κ1) is 15.7. The second kappa shape index (κ2) is 6.23. The fourth-order valence-electron chi connectivity index (χ4n) is 3.43. The molecule has 0 saturated carbocycles. The minimum absolute atomic E-state index is 0.00250. The summed E-state index contributed by atoms with van der Waals surface area (Å²) in [4.78, 5) is 27.7. The summed E-state index contributed by atoms with van der Waals surface area (Å²) in [6.45, 7) is 2.09. The highest BCUT2D eigenvalue weighted by Gasteiger charge is 2.31. The van der Waals surface area contributed by atoms with E-state index < -0.39 is 5.82 Å². The maximum absolute atomic E-state index is 14.2. The van der Waals surface area contributed by atoms with Crippen LogP contribution < -0.4 is 10.2 Å². The number of hydrogen-bond donors (Lipinski definition) is 1. The van der Waals surface area contributed by atoms with Crippen molar-refractivity contribution in [1.82, 2.24) is 10.2 Å². The SMILES string of the molecule is O=C(c1cc(N2CCNC2=O)ccc1F)N1CC[C@@H](c2ccco2)C1. The molecule has 25 heavy (non-hydrogen) atoms. The van der Waals surface area contributed by atoms with Crippen LogP contribution in [0, 0.1) is 5.82 Å². The van der Waals surface area contributed by atoms with E-state index in [0.717, 1.165) is 12.2 Å². The van der Waals surface area contributed by atoms with Crippen molar-refractivity contribution in [2.24, 2.45) is 0 Å². The van der Waals surface area contributed by atoms with Crippen molar-refractivity contribution in [3.05, 3.63) is 53.7 Å². The van der Waals surface area contributed by atoms with E-state index in [-0.39, 0.29) is 23.4 Å². The minimum Gasteiger partial charge on any atom is -0.469 e. The van der Waals surface area contributed by atoms with Gasteiger partial charge in [-0.2, -0.15) is 0 Å². The summed E-state index contributed by atoms with van der Waals surface area (Å²) >= 11 is 0. The molecule has 2 saturated heterocycles. The molecule has 3 heterocycles. The lowest BCUT2D eigenvalue weighted by Crippen LogP contribution is -2.30. The highest BCUT2D eigenvalue weighted by Crippen LogP contribution is 2.29. The minimum atomic E-state index is -0.574. The molecule has 7 heteroatoms. The third-order valence-electron chi connectivity index (χ3n) is 4.77. The number of halogens is 1. The quantitative estimate of drug-likeness (QED) is 0.931. The van der Waals surface area contributed by atoms with Gasteiger partial charge in [0, 0.05) is 37.8 Å². The maximum Gasteiger partial charge on any atom is 0.321 e. The van der Waals surface area contributed by atoms with Crippen LogP contribution in [-0.4, -0.2) is 43.0 Å². The van der Waals surface area contributed by atoms with Crippen LogP contribution >= 0.6 is 0 Å². The van der Waals surface area contributed by atoms with Crippen LogP contribution in [0.2, 0.25) is 0 Å². The number of furan rings is 1. The lowest BCUT2D eigenvalue weighted by molar-refractivity contribution is 0.0785. The highest BCUT2D eigenvalue weighted by atomic mass is 19.1. The largest absolute Gasteiger partial charge is 0.469 e. The van der Waals surface area contributed by atoms with Gasteiger partial charge in [0.05, 0.1) is 11.8 Å². The Bertz CT molecular complexity index is 806. The lowest BCUT2D eigenvalue weighted by atomic mass is 10.1. The number of likely N-dealkylation sites (tertiary alicyclic amines) is 1. The van der Waals surface area contributed by atoms with E-state index in [1.165, 1.54) is 23.1 Å². The first-order chi connectivity index (χ1) is 12.1. The third-order valence-corrected chi connectivity index (χ3v) is 4.77. The molecule has 6 nitrogen and oxygen atoms in total. The van der Waals surface area contributed by atoms with Gasteiger partial charge in [0.15, 0.2) is 0 Å². The Morgan fingerprint density at radius 2 is 2.16 bits per heavy atom. The van der Waals surface area contributed by atoms with Crippen molar-refractivity contribution >= 4 is 17.6 Å². The van der Waals surface area contributed by atoms with Crippen LogP contribution in [0.5, 0.6) is 0 Å². The second-order valence-electron chi connectivity index (χ2n) is 6.30. The number of carbonyl (C=O) groups excluding carboxylic acids is 2. The molecule has 2 aliphatic rings. The van der Waals surface area contributed by atoms with E-state index in [1.807, 2.05) is 12.1 Å². The van der Waals surface area contributed by atoms with Crippen molar-refractivity contribution in [3.8, 4) is 0 Å². The van der Waals surface area contributed by atoms with Crippen LogP contribution in [0.25, 0.3) is 0 Å². The van der Waals surface area contributed by atoms with Gasteiger partial charge in [0.25, 0.3) is 5.91 Å². The molecule has 130 valence electrons. The van der Waals surface area contributed by atoms with Crippen LogP contribution in [-0.2, 0) is 0 Å². The van der Waals surface area contributed by atoms with Crippen molar-refractivity contribution in [3.63, 3.8) is 0 Å². The number of nitrogens with one attached hydrogen (secondary N) is 1. The van der Waals surface area contributed by atoms with Crippen molar-refractivity contribution in [2.45, 2.75) is 12.3 Å². The summed E-state index contributed by atoms with van der Waals surface area (Å²) < 4.78 is 19.7. The standard InChI is InChI=1S/C18H18FN3O3/c19-15-4-3-13(22-8-6-20-18(22)24)10-14(15)17(23)21-7-5-12(11-21)16-2-1-9-25-16/h1-4,9-10,12H,5-8,11H2,(H,20,24)/t12-/m1/s1. The molecular weight excluding hydrogens is 325 g/mol. The number of amides is 3. The van der Waals surface area contributed by atoms with Crippen LogP contribution in [0.4, 0.5) is 14.9 Å². The van der Waals surface area contributed by atoms with Gasteiger partial charge < -0.3 is 14.6 Å². The zero-order chi connectivity index (χ0) is 17.4. The molecule has 2 aromatic rings. The molecule has 0 unspecified atom stereocenters. The molecule has 2 aliphatic heterocycles. The zero-order valence-corrected chi connectivity index (χ0v) is 13.6. The zero-order valence-electron chi connectivity index (χ0n) is 13.6. The van der Waals surface area contributed by atoms with Crippen LogP contribution in [0.1, 0.15) is 28.5 Å². The topological polar surface area (TPSA) is 65.8 Å². The van der Waals surface area contributed by atoms with Gasteiger partial charge in [-0.3, -0.25) is 9.69 Å². The summed E-state index contributed by atoms with van der Waals surface area (Å²) in [5.74, 6) is 0.0515. The molecule has 1 aromatic heterocycles. The van der Waals surface area contributed by atoms with Gasteiger partial charge >= 0.3 is 6.03 Å². The average molecular weight is 343 g/mol. The normalized spacial score (nSPS) is 20.2. The number of hydrogen-bond acceptors (Lipinski definition) is 3. The molecule has 0 spiro atoms. The number of nitrogens with zero attached hydrogens (tertiary/aromatic N) is 2. The fraction of sp³-hybridized carbons (Fsp3) is 0.333. The van der Waals surface area contributed by atoms with Gasteiger partial charge in [0.2, 0.25) is 0 Å². The first-order valence-electron chi connectivity index (χ1n) is 8.31. The Morgan fingerprint density at radius 1 is 1.28 bits per heavy atom. The fourth-order valence-corrected chi connectivity index (χ4v) is 3.43. The van der Waals surface area contributed by atoms with Crippen molar-refractivity contribution in [1.29, 1.82) is 0 Å². The number of urea groups is 1. The lowest BCUT2D eigenvalue weighted by Gasteiger charge is -2.19. The summed E-state index contributed by atoms with van der Waals surface area (Å²) in [6, 6.07) is 7.71. The molecule has 1 atom stereocenters. The number of anilines is 1. The van der Waals surface area contributed by atoms with E-state index in [1.54, 1.807) is 11.2 Å². The Labute approximate surface area is 144 Å². The molecule has 4 rings (SSSR count). The van der Waals surface area contributed by atoms with Gasteiger partial charge in [-0.1, -0.05) is 0 Å². The van der Waals surface area contributed by atoms with E-state index in [9.17, 15) is 14.0 Å². The maximum atomic E-state index is 14.2. The average Bonchev–Trinajstić information content (AvgIpc) is 3.35. The first-order valence-corrected chi connectivity index (χ1v) is 8.31. The molecule has 1 aromatic carbocycles. The predicted molar refractivity (Wildman–Crippen MR) is 89.1 cm³/mol. The molecule has 3 amide bonds. The Balaban J connectivity index is 1.55. The van der Waals surface area contributed by atoms with Crippen LogP contribution in [0.3, 0.4) is 0 Å². The molecular formula is C18H18FN3O3. The molecule has 1 N–H and O–H groups in total. The summed E-state index contributed by atoms with van der Waals surface area (Å²) in [5.41, 5.74) is 0.527. The van der Waals surface area contributed by atoms with E-state index in [0.29, 0.717) is 31.9 Å². The molecule has 2 fully saturated rings. The van der Waals surface area contributed by atoms with Gasteiger partial charge in [-0.15, -0.1) is 0 Å². The Kier molecular flexibility index (Phi) is 3.91. The van der Waals surface area contributed by atoms with Crippen LogP contribution in [0.15, 0.2) is 41.0 Å². The van der Waals surface area contributed by atoms with Gasteiger partial charge in [-0.25, -0.2) is 9.18 Å². The van der Waals surface area contributed by atoms with E-state index >= 15 is 0 Å². The third kappa shape index (κ3) is 2.86. The molecule has 0 bridgehead atoms. The van der Waals surface area contributed by atoms with Gasteiger partial charge in [-0.05, 0) is 36.8 Å². The monoisotopic (exact) mass is 343 g/mol. The highest BCUT2D eigenvalue weighted by molar-refractivity contribution is 5.98. The summed E-state index contributed by atoms with van der Waals surface area (Å²) in [5, 5.41) is 2.70. The summed E-state index contributed by atoms with van der Waals surface area (Å²) in [7, 11) is 0. The number of rotatable bonds is 3. The number of carbonyl (C=O) groups is 2. The number of benzene rings is 1. The van der Waals surface area contributed by atoms with Gasteiger partial charge in [0.1, 0.15) is 11.6 Å². The van der Waals surface area contributed by atoms with Crippen molar-refractivity contribution < 1.29 is 18.4 Å². The van der Waals surface area contributed by atoms with Crippen molar-refractivity contribution in [2.75, 3.05) is 31.1 Å². The second-order valence-corrected chi connectivity index (χ2v) is 6.30. The Morgan fingerprint density at radius 3 is 2.88 bits per heavy atom. The Hall–Kier alpha value is -2.83.